The standard InChI is InChI=1S/C31H41N7/c1-22-8-9-24-10-11-31(12-13-31)32-14-18-35(3)30-21-28(36-15-6-16-36)33-29-20-26(34-38(29)30)27-7-4-5-17-37(27)23(2)25(24)19-22/h8-9,19-21,27,32H,2,4-7,10-18H2,1,3H3. The Kier molecular flexibility index (Phi) is 5.87. The summed E-state index contributed by atoms with van der Waals surface area (Å²) in [4.78, 5) is 12.4. The van der Waals surface area contributed by atoms with Gasteiger partial charge in [-0.1, -0.05) is 24.3 Å². The lowest BCUT2D eigenvalue weighted by atomic mass is 9.92. The molecule has 3 aliphatic heterocycles. The Morgan fingerprint density at radius 3 is 2.66 bits per heavy atom. The molecule has 200 valence electrons. The van der Waals surface area contributed by atoms with E-state index in [9.17, 15) is 0 Å². The van der Waals surface area contributed by atoms with Gasteiger partial charge in [-0.3, -0.25) is 0 Å². The Morgan fingerprint density at radius 2 is 1.87 bits per heavy atom. The molecule has 1 saturated carbocycles. The van der Waals surface area contributed by atoms with Gasteiger partial charge in [0.15, 0.2) is 5.65 Å². The molecule has 1 N–H and O–H groups in total. The van der Waals surface area contributed by atoms with Crippen LogP contribution in [0.1, 0.15) is 73.4 Å². The first-order chi connectivity index (χ1) is 18.5. The van der Waals surface area contributed by atoms with Crippen molar-refractivity contribution in [1.82, 2.24) is 24.8 Å². The van der Waals surface area contributed by atoms with Crippen LogP contribution in [0.2, 0.25) is 0 Å². The van der Waals surface area contributed by atoms with Crippen LogP contribution < -0.4 is 15.1 Å². The number of rotatable bonds is 1. The van der Waals surface area contributed by atoms with E-state index in [0.29, 0.717) is 0 Å². The van der Waals surface area contributed by atoms with Gasteiger partial charge in [0.2, 0.25) is 0 Å². The Balaban J connectivity index is 1.34. The van der Waals surface area contributed by atoms with Gasteiger partial charge in [-0.25, -0.2) is 4.98 Å². The molecule has 0 radical (unpaired) electrons. The first-order valence-corrected chi connectivity index (χ1v) is 14.7. The molecule has 2 aromatic heterocycles. The molecule has 0 amide bonds. The topological polar surface area (TPSA) is 51.9 Å². The molecule has 5 heterocycles. The summed E-state index contributed by atoms with van der Waals surface area (Å²) in [6.07, 6.45) is 9.58. The van der Waals surface area contributed by atoms with E-state index in [0.717, 1.165) is 74.2 Å². The van der Waals surface area contributed by atoms with Crippen LogP contribution >= 0.6 is 0 Å². The van der Waals surface area contributed by atoms with Crippen molar-refractivity contribution < 1.29 is 0 Å². The predicted octanol–water partition coefficient (Wildman–Crippen LogP) is 4.95. The second-order valence-corrected chi connectivity index (χ2v) is 12.1. The molecule has 38 heavy (non-hydrogen) atoms. The monoisotopic (exact) mass is 511 g/mol. The number of anilines is 2. The van der Waals surface area contributed by atoms with Gasteiger partial charge in [-0.05, 0) is 69.9 Å². The number of hydrogen-bond donors (Lipinski definition) is 1. The van der Waals surface area contributed by atoms with Crippen molar-refractivity contribution in [3.8, 4) is 0 Å². The van der Waals surface area contributed by atoms with E-state index in [4.69, 9.17) is 16.7 Å². The molecular weight excluding hydrogens is 470 g/mol. The molecule has 1 aromatic carbocycles. The lowest BCUT2D eigenvalue weighted by molar-refractivity contribution is 0.226. The number of nitrogens with zero attached hydrogens (tertiary/aromatic N) is 6. The minimum Gasteiger partial charge on any atom is -0.363 e. The number of nitrogens with one attached hydrogen (secondary N) is 1. The van der Waals surface area contributed by atoms with Gasteiger partial charge in [0.05, 0.1) is 11.7 Å². The van der Waals surface area contributed by atoms with E-state index in [1.807, 2.05) is 0 Å². The van der Waals surface area contributed by atoms with Crippen molar-refractivity contribution in [2.45, 2.75) is 69.9 Å². The maximum absolute atomic E-state index is 5.24. The van der Waals surface area contributed by atoms with Gasteiger partial charge in [-0.2, -0.15) is 9.61 Å². The van der Waals surface area contributed by atoms with Crippen LogP contribution in [0.15, 0.2) is 36.9 Å². The summed E-state index contributed by atoms with van der Waals surface area (Å²) in [5.74, 6) is 2.21. The number of piperidine rings is 1. The first kappa shape index (κ1) is 24.0. The van der Waals surface area contributed by atoms with Crippen molar-refractivity contribution >= 4 is 23.0 Å². The third-order valence-electron chi connectivity index (χ3n) is 9.43. The summed E-state index contributed by atoms with van der Waals surface area (Å²) in [7, 11) is 2.20. The fourth-order valence-electron chi connectivity index (χ4n) is 6.64. The lowest BCUT2D eigenvalue weighted by Crippen LogP contribution is -2.39. The summed E-state index contributed by atoms with van der Waals surface area (Å²) in [5.41, 5.74) is 7.56. The number of aryl methyl sites for hydroxylation is 2. The smallest absolute Gasteiger partial charge is 0.160 e. The van der Waals surface area contributed by atoms with Crippen molar-refractivity contribution in [1.29, 1.82) is 0 Å². The number of benzene rings is 1. The van der Waals surface area contributed by atoms with Gasteiger partial charge in [0.25, 0.3) is 0 Å². The van der Waals surface area contributed by atoms with Gasteiger partial charge in [-0.15, -0.1) is 0 Å². The third kappa shape index (κ3) is 4.25. The molecular formula is C31H41N7. The molecule has 1 aliphatic carbocycles. The van der Waals surface area contributed by atoms with Crippen molar-refractivity contribution in [3.05, 3.63) is 59.3 Å². The van der Waals surface area contributed by atoms with E-state index in [1.165, 1.54) is 55.2 Å². The van der Waals surface area contributed by atoms with E-state index in [2.05, 4.69) is 68.8 Å². The van der Waals surface area contributed by atoms with Crippen molar-refractivity contribution in [2.24, 2.45) is 0 Å². The fraction of sp³-hybridized carbons (Fsp3) is 0.548. The zero-order valence-corrected chi connectivity index (χ0v) is 23.0. The van der Waals surface area contributed by atoms with E-state index in [-0.39, 0.29) is 11.6 Å². The zero-order chi connectivity index (χ0) is 25.9. The van der Waals surface area contributed by atoms with Crippen LogP contribution in [0, 0.1) is 6.92 Å². The first-order valence-electron chi connectivity index (χ1n) is 14.7. The zero-order valence-electron chi connectivity index (χ0n) is 23.0. The molecule has 3 aromatic rings. The van der Waals surface area contributed by atoms with Gasteiger partial charge >= 0.3 is 0 Å². The summed E-state index contributed by atoms with van der Waals surface area (Å²) >= 11 is 0. The quantitative estimate of drug-likeness (QED) is 0.499. The maximum Gasteiger partial charge on any atom is 0.160 e. The van der Waals surface area contributed by atoms with Crippen LogP contribution in [0.3, 0.4) is 0 Å². The van der Waals surface area contributed by atoms with Crippen LogP contribution in [0.5, 0.6) is 0 Å². The van der Waals surface area contributed by atoms with Crippen LogP contribution in [0.25, 0.3) is 11.3 Å². The number of aromatic nitrogens is 3. The Hall–Kier alpha value is -3.06. The number of likely N-dealkylation sites (N-methyl/N-ethyl adjacent to an activating group) is 1. The normalized spacial score (nSPS) is 23.5. The summed E-state index contributed by atoms with van der Waals surface area (Å²) < 4.78 is 2.09. The maximum atomic E-state index is 5.24. The van der Waals surface area contributed by atoms with E-state index in [1.54, 1.807) is 0 Å². The molecule has 7 rings (SSSR count). The molecule has 1 atom stereocenters. The predicted molar refractivity (Wildman–Crippen MR) is 155 cm³/mol. The summed E-state index contributed by atoms with van der Waals surface area (Å²) in [5, 5.41) is 9.19. The molecule has 2 bridgehead atoms. The molecule has 7 nitrogen and oxygen atoms in total. The molecule has 4 aliphatic rings. The molecule has 3 fully saturated rings. The highest BCUT2D eigenvalue weighted by Crippen LogP contribution is 2.42. The van der Waals surface area contributed by atoms with Crippen molar-refractivity contribution in [2.75, 3.05) is 49.6 Å². The highest BCUT2D eigenvalue weighted by molar-refractivity contribution is 5.67. The number of fused-ring (bicyclic) bond motifs is 4. The molecule has 1 spiro atoms. The summed E-state index contributed by atoms with van der Waals surface area (Å²) in [6.45, 7) is 12.0. The average Bonchev–Trinajstić information content (AvgIpc) is 3.53. The molecule has 7 heteroatoms. The van der Waals surface area contributed by atoms with Gasteiger partial charge in [0, 0.05) is 68.7 Å². The van der Waals surface area contributed by atoms with Crippen molar-refractivity contribution in [3.63, 3.8) is 0 Å². The Labute approximate surface area is 226 Å². The van der Waals surface area contributed by atoms with Crippen LogP contribution in [-0.2, 0) is 6.42 Å². The average molecular weight is 512 g/mol. The molecule has 2 saturated heterocycles. The second kappa shape index (κ2) is 9.30. The summed E-state index contributed by atoms with van der Waals surface area (Å²) in [6, 6.07) is 11.7. The lowest BCUT2D eigenvalue weighted by Gasteiger charge is -2.38. The highest BCUT2D eigenvalue weighted by Gasteiger charge is 2.41. The van der Waals surface area contributed by atoms with Crippen LogP contribution in [-0.4, -0.2) is 64.8 Å². The minimum absolute atomic E-state index is 0.223. The van der Waals surface area contributed by atoms with E-state index < -0.39 is 0 Å². The Morgan fingerprint density at radius 1 is 1.00 bits per heavy atom. The molecule has 1 unspecified atom stereocenters. The number of hydrogen-bond acceptors (Lipinski definition) is 6. The van der Waals surface area contributed by atoms with Gasteiger partial charge < -0.3 is 20.0 Å². The fourth-order valence-corrected chi connectivity index (χ4v) is 6.64. The van der Waals surface area contributed by atoms with Crippen LogP contribution in [0.4, 0.5) is 11.6 Å². The largest absolute Gasteiger partial charge is 0.363 e. The third-order valence-corrected chi connectivity index (χ3v) is 9.43. The SMILES string of the molecule is C=C1c2cc(C)ccc2CCC2(CC2)NCCN(C)c2cc(N3CCC3)nc3cc(nn23)C2CCCCN12. The van der Waals surface area contributed by atoms with E-state index >= 15 is 0 Å². The Bertz CT molecular complexity index is 1370. The second-order valence-electron chi connectivity index (χ2n) is 12.1. The highest BCUT2D eigenvalue weighted by atomic mass is 15.4. The minimum atomic E-state index is 0.223. The van der Waals surface area contributed by atoms with Gasteiger partial charge in [0.1, 0.15) is 11.6 Å².